The van der Waals surface area contributed by atoms with Crippen LogP contribution in [0.1, 0.15) is 30.1 Å². The van der Waals surface area contributed by atoms with Crippen LogP contribution in [0.15, 0.2) is 22.7 Å². The summed E-state index contributed by atoms with van der Waals surface area (Å²) < 4.78 is 1.07. The summed E-state index contributed by atoms with van der Waals surface area (Å²) in [4.78, 5) is 0. The molecule has 0 spiro atoms. The van der Waals surface area contributed by atoms with Crippen molar-refractivity contribution in [2.24, 2.45) is 0 Å². The molecular formula is C12H16BrNO. The summed E-state index contributed by atoms with van der Waals surface area (Å²) >= 11 is 3.49. The van der Waals surface area contributed by atoms with E-state index in [-0.39, 0.29) is 12.1 Å². The number of halogens is 1. The average molecular weight is 270 g/mol. The normalized spacial score (nSPS) is 23.0. The molecule has 0 bridgehead atoms. The topological polar surface area (TPSA) is 32.3 Å². The molecule has 1 aliphatic heterocycles. The van der Waals surface area contributed by atoms with Gasteiger partial charge in [-0.15, -0.1) is 0 Å². The molecule has 1 aromatic carbocycles. The number of aliphatic hydroxyl groups excluding tert-OH is 1. The first-order valence-electron chi connectivity index (χ1n) is 5.36. The highest BCUT2D eigenvalue weighted by Crippen LogP contribution is 2.26. The SMILES string of the molecule is Cc1ccc(C(O)C2CCCN2)cc1Br. The molecule has 2 atom stereocenters. The third-order valence-electron chi connectivity index (χ3n) is 3.02. The first kappa shape index (κ1) is 11.1. The molecule has 2 rings (SSSR count). The van der Waals surface area contributed by atoms with Crippen molar-refractivity contribution in [2.75, 3.05) is 6.54 Å². The van der Waals surface area contributed by atoms with Gasteiger partial charge in [0, 0.05) is 10.5 Å². The summed E-state index contributed by atoms with van der Waals surface area (Å²) in [5.74, 6) is 0. The number of hydrogen-bond acceptors (Lipinski definition) is 2. The molecule has 0 aliphatic carbocycles. The second-order valence-electron chi connectivity index (χ2n) is 4.16. The van der Waals surface area contributed by atoms with Gasteiger partial charge in [-0.3, -0.25) is 0 Å². The van der Waals surface area contributed by atoms with Crippen molar-refractivity contribution in [1.82, 2.24) is 5.32 Å². The number of nitrogens with one attached hydrogen (secondary N) is 1. The molecule has 0 radical (unpaired) electrons. The lowest BCUT2D eigenvalue weighted by Crippen LogP contribution is -2.28. The molecule has 1 saturated heterocycles. The van der Waals surface area contributed by atoms with E-state index in [0.717, 1.165) is 29.4 Å². The standard InChI is InChI=1S/C12H16BrNO/c1-8-4-5-9(7-10(8)13)12(15)11-3-2-6-14-11/h4-5,7,11-12,14-15H,2-3,6H2,1H3. The van der Waals surface area contributed by atoms with Crippen molar-refractivity contribution in [3.05, 3.63) is 33.8 Å². The van der Waals surface area contributed by atoms with Crippen molar-refractivity contribution >= 4 is 15.9 Å². The summed E-state index contributed by atoms with van der Waals surface area (Å²) in [5, 5.41) is 13.5. The zero-order valence-corrected chi connectivity index (χ0v) is 10.4. The molecule has 0 amide bonds. The van der Waals surface area contributed by atoms with E-state index in [9.17, 15) is 5.11 Å². The quantitative estimate of drug-likeness (QED) is 0.865. The minimum atomic E-state index is -0.385. The third kappa shape index (κ3) is 2.41. The average Bonchev–Trinajstić information content (AvgIpc) is 2.74. The Morgan fingerprint density at radius 3 is 2.93 bits per heavy atom. The number of rotatable bonds is 2. The van der Waals surface area contributed by atoms with Crippen LogP contribution >= 0.6 is 15.9 Å². The number of hydrogen-bond donors (Lipinski definition) is 2. The smallest absolute Gasteiger partial charge is 0.0943 e. The molecule has 15 heavy (non-hydrogen) atoms. The molecule has 1 heterocycles. The van der Waals surface area contributed by atoms with Gasteiger partial charge in [-0.25, -0.2) is 0 Å². The maximum Gasteiger partial charge on any atom is 0.0943 e. The Balaban J connectivity index is 2.17. The molecule has 82 valence electrons. The van der Waals surface area contributed by atoms with Gasteiger partial charge in [0.05, 0.1) is 6.10 Å². The van der Waals surface area contributed by atoms with E-state index < -0.39 is 0 Å². The van der Waals surface area contributed by atoms with Crippen LogP contribution in [0.2, 0.25) is 0 Å². The Hall–Kier alpha value is -0.380. The van der Waals surface area contributed by atoms with Crippen molar-refractivity contribution in [3.8, 4) is 0 Å². The third-order valence-corrected chi connectivity index (χ3v) is 3.87. The van der Waals surface area contributed by atoms with E-state index in [0.29, 0.717) is 0 Å². The lowest BCUT2D eigenvalue weighted by Gasteiger charge is -2.19. The van der Waals surface area contributed by atoms with Crippen LogP contribution in [0.25, 0.3) is 0 Å². The van der Waals surface area contributed by atoms with E-state index >= 15 is 0 Å². The number of aliphatic hydroxyl groups is 1. The largest absolute Gasteiger partial charge is 0.387 e. The van der Waals surface area contributed by atoms with Gasteiger partial charge in [0.25, 0.3) is 0 Å². The number of aryl methyl sites for hydroxylation is 1. The van der Waals surface area contributed by atoms with Gasteiger partial charge in [-0.1, -0.05) is 28.1 Å². The van der Waals surface area contributed by atoms with E-state index in [1.807, 2.05) is 25.1 Å². The Labute approximate surface area is 98.8 Å². The highest BCUT2D eigenvalue weighted by atomic mass is 79.9. The Morgan fingerprint density at radius 2 is 2.33 bits per heavy atom. The Kier molecular flexibility index (Phi) is 3.44. The second kappa shape index (κ2) is 4.64. The second-order valence-corrected chi connectivity index (χ2v) is 5.01. The first-order chi connectivity index (χ1) is 7.18. The summed E-state index contributed by atoms with van der Waals surface area (Å²) in [6.07, 6.45) is 1.84. The molecule has 2 N–H and O–H groups in total. The van der Waals surface area contributed by atoms with E-state index in [1.165, 1.54) is 5.56 Å². The van der Waals surface area contributed by atoms with Gasteiger partial charge in [0.1, 0.15) is 0 Å². The summed E-state index contributed by atoms with van der Waals surface area (Å²) in [7, 11) is 0. The van der Waals surface area contributed by atoms with Gasteiger partial charge in [0.2, 0.25) is 0 Å². The fraction of sp³-hybridized carbons (Fsp3) is 0.500. The summed E-state index contributed by atoms with van der Waals surface area (Å²) in [5.41, 5.74) is 2.19. The van der Waals surface area contributed by atoms with Crippen molar-refractivity contribution in [3.63, 3.8) is 0 Å². The lowest BCUT2D eigenvalue weighted by atomic mass is 10.0. The molecule has 2 nitrogen and oxygen atoms in total. The molecular weight excluding hydrogens is 254 g/mol. The first-order valence-corrected chi connectivity index (χ1v) is 6.15. The summed E-state index contributed by atoms with van der Waals surface area (Å²) in [6.45, 7) is 3.07. The molecule has 2 unspecified atom stereocenters. The van der Waals surface area contributed by atoms with Gasteiger partial charge >= 0.3 is 0 Å². The fourth-order valence-corrected chi connectivity index (χ4v) is 2.40. The predicted octanol–water partition coefficient (Wildman–Crippen LogP) is 2.54. The molecule has 1 aliphatic rings. The highest BCUT2D eigenvalue weighted by Gasteiger charge is 2.23. The van der Waals surface area contributed by atoms with Crippen LogP contribution in [-0.4, -0.2) is 17.7 Å². The minimum absolute atomic E-state index is 0.222. The maximum absolute atomic E-state index is 10.2. The van der Waals surface area contributed by atoms with Crippen LogP contribution in [-0.2, 0) is 0 Å². The van der Waals surface area contributed by atoms with Crippen molar-refractivity contribution in [1.29, 1.82) is 0 Å². The van der Waals surface area contributed by atoms with Crippen LogP contribution < -0.4 is 5.32 Å². The molecule has 0 saturated carbocycles. The van der Waals surface area contributed by atoms with Crippen molar-refractivity contribution in [2.45, 2.75) is 31.9 Å². The maximum atomic E-state index is 10.2. The van der Waals surface area contributed by atoms with Crippen LogP contribution in [0, 0.1) is 6.92 Å². The Bertz CT molecular complexity index is 347. The highest BCUT2D eigenvalue weighted by molar-refractivity contribution is 9.10. The van der Waals surface area contributed by atoms with Gasteiger partial charge in [0.15, 0.2) is 0 Å². The zero-order valence-electron chi connectivity index (χ0n) is 8.83. The Morgan fingerprint density at radius 1 is 1.53 bits per heavy atom. The molecule has 3 heteroatoms. The van der Waals surface area contributed by atoms with E-state index in [4.69, 9.17) is 0 Å². The van der Waals surface area contributed by atoms with Crippen molar-refractivity contribution < 1.29 is 5.11 Å². The van der Waals surface area contributed by atoms with E-state index in [1.54, 1.807) is 0 Å². The van der Waals surface area contributed by atoms with Gasteiger partial charge in [-0.05, 0) is 43.5 Å². The zero-order chi connectivity index (χ0) is 10.8. The summed E-state index contributed by atoms with van der Waals surface area (Å²) in [6, 6.07) is 6.28. The van der Waals surface area contributed by atoms with Crippen LogP contribution in [0.3, 0.4) is 0 Å². The number of benzene rings is 1. The van der Waals surface area contributed by atoms with Gasteiger partial charge in [-0.2, -0.15) is 0 Å². The molecule has 1 aromatic rings. The minimum Gasteiger partial charge on any atom is -0.387 e. The van der Waals surface area contributed by atoms with Gasteiger partial charge < -0.3 is 10.4 Å². The fourth-order valence-electron chi connectivity index (χ4n) is 2.01. The molecule has 1 fully saturated rings. The lowest BCUT2D eigenvalue weighted by molar-refractivity contribution is 0.137. The van der Waals surface area contributed by atoms with Crippen LogP contribution in [0.4, 0.5) is 0 Å². The van der Waals surface area contributed by atoms with E-state index in [2.05, 4.69) is 21.2 Å². The monoisotopic (exact) mass is 269 g/mol. The van der Waals surface area contributed by atoms with Crippen LogP contribution in [0.5, 0.6) is 0 Å². The molecule has 0 aromatic heterocycles. The predicted molar refractivity (Wildman–Crippen MR) is 64.9 cm³/mol.